The van der Waals surface area contributed by atoms with Crippen LogP contribution < -0.4 is 5.32 Å². The van der Waals surface area contributed by atoms with Gasteiger partial charge < -0.3 is 5.32 Å². The lowest BCUT2D eigenvalue weighted by molar-refractivity contribution is -0.384. The Morgan fingerprint density at radius 1 is 1.45 bits per heavy atom. The van der Waals surface area contributed by atoms with E-state index in [1.807, 2.05) is 0 Å². The van der Waals surface area contributed by atoms with Crippen molar-refractivity contribution >= 4 is 11.6 Å². The second kappa shape index (κ2) is 5.52. The summed E-state index contributed by atoms with van der Waals surface area (Å²) in [7, 11) is 0. The molecule has 1 amide bonds. The van der Waals surface area contributed by atoms with E-state index >= 15 is 0 Å². The minimum atomic E-state index is -0.519. The lowest BCUT2D eigenvalue weighted by atomic mass is 10.1. The highest BCUT2D eigenvalue weighted by Crippen LogP contribution is 2.24. The number of carbonyl (C=O) groups excluding carboxylic acids is 1. The van der Waals surface area contributed by atoms with Gasteiger partial charge in [-0.1, -0.05) is 0 Å². The Labute approximate surface area is 115 Å². The van der Waals surface area contributed by atoms with Crippen LogP contribution in [0.15, 0.2) is 30.5 Å². The Bertz CT molecular complexity index is 663. The zero-order valence-electron chi connectivity index (χ0n) is 11.2. The molecule has 7 heteroatoms. The fourth-order valence-electron chi connectivity index (χ4n) is 1.82. The SMILES string of the molecule is CCNC(=O)c1ccc(-n2ccc(C)n2)c([N+](=O)[O-])c1. The first kappa shape index (κ1) is 13.7. The van der Waals surface area contributed by atoms with Crippen molar-refractivity contribution in [2.24, 2.45) is 0 Å². The van der Waals surface area contributed by atoms with Gasteiger partial charge in [-0.25, -0.2) is 4.68 Å². The minimum absolute atomic E-state index is 0.156. The van der Waals surface area contributed by atoms with Gasteiger partial charge in [0.15, 0.2) is 0 Å². The Morgan fingerprint density at radius 3 is 2.75 bits per heavy atom. The molecule has 104 valence electrons. The van der Waals surface area contributed by atoms with Crippen LogP contribution in [0, 0.1) is 17.0 Å². The van der Waals surface area contributed by atoms with E-state index in [1.54, 1.807) is 32.2 Å². The smallest absolute Gasteiger partial charge is 0.295 e. The molecule has 1 heterocycles. The van der Waals surface area contributed by atoms with Gasteiger partial charge in [-0.05, 0) is 32.0 Å². The van der Waals surface area contributed by atoms with E-state index in [0.29, 0.717) is 12.2 Å². The van der Waals surface area contributed by atoms with Gasteiger partial charge in [0.2, 0.25) is 0 Å². The zero-order chi connectivity index (χ0) is 14.7. The molecule has 2 aromatic rings. The predicted octanol–water partition coefficient (Wildman–Crippen LogP) is 1.84. The van der Waals surface area contributed by atoms with Crippen LogP contribution in [0.3, 0.4) is 0 Å². The van der Waals surface area contributed by atoms with E-state index in [2.05, 4.69) is 10.4 Å². The maximum atomic E-state index is 11.7. The van der Waals surface area contributed by atoms with Crippen molar-refractivity contribution in [2.45, 2.75) is 13.8 Å². The maximum Gasteiger partial charge on any atom is 0.295 e. The van der Waals surface area contributed by atoms with Gasteiger partial charge in [0.25, 0.3) is 11.6 Å². The first-order valence-electron chi connectivity index (χ1n) is 6.12. The van der Waals surface area contributed by atoms with Crippen molar-refractivity contribution < 1.29 is 9.72 Å². The third-order valence-corrected chi connectivity index (χ3v) is 2.74. The van der Waals surface area contributed by atoms with Gasteiger partial charge in [0.05, 0.1) is 10.6 Å². The number of amides is 1. The molecule has 0 unspecified atom stereocenters. The lowest BCUT2D eigenvalue weighted by Gasteiger charge is -2.06. The van der Waals surface area contributed by atoms with Crippen LogP contribution in [0.4, 0.5) is 5.69 Å². The van der Waals surface area contributed by atoms with E-state index in [1.165, 1.54) is 16.8 Å². The molecule has 0 aliphatic heterocycles. The number of aromatic nitrogens is 2. The van der Waals surface area contributed by atoms with Crippen LogP contribution in [0.5, 0.6) is 0 Å². The number of nitrogens with zero attached hydrogens (tertiary/aromatic N) is 3. The van der Waals surface area contributed by atoms with Crippen LogP contribution in [0.2, 0.25) is 0 Å². The topological polar surface area (TPSA) is 90.1 Å². The summed E-state index contributed by atoms with van der Waals surface area (Å²) in [6.07, 6.45) is 1.64. The van der Waals surface area contributed by atoms with Crippen LogP contribution in [-0.2, 0) is 0 Å². The molecular weight excluding hydrogens is 260 g/mol. The summed E-state index contributed by atoms with van der Waals surface area (Å²) >= 11 is 0. The third-order valence-electron chi connectivity index (χ3n) is 2.74. The fourth-order valence-corrected chi connectivity index (χ4v) is 1.82. The molecule has 0 spiro atoms. The normalized spacial score (nSPS) is 10.3. The van der Waals surface area contributed by atoms with Crippen LogP contribution in [-0.4, -0.2) is 27.2 Å². The van der Waals surface area contributed by atoms with E-state index in [0.717, 1.165) is 5.69 Å². The van der Waals surface area contributed by atoms with Gasteiger partial charge >= 0.3 is 0 Å². The van der Waals surface area contributed by atoms with Crippen molar-refractivity contribution in [3.63, 3.8) is 0 Å². The van der Waals surface area contributed by atoms with E-state index in [9.17, 15) is 14.9 Å². The molecule has 0 fully saturated rings. The molecule has 0 saturated heterocycles. The number of carbonyl (C=O) groups is 1. The summed E-state index contributed by atoms with van der Waals surface area (Å²) in [5.74, 6) is -0.334. The molecule has 1 N–H and O–H groups in total. The van der Waals surface area contributed by atoms with Gasteiger partial charge in [-0.15, -0.1) is 0 Å². The molecule has 1 aromatic heterocycles. The number of benzene rings is 1. The van der Waals surface area contributed by atoms with Crippen molar-refractivity contribution in [1.29, 1.82) is 0 Å². The van der Waals surface area contributed by atoms with Crippen LogP contribution >= 0.6 is 0 Å². The molecular formula is C13H14N4O3. The number of hydrogen-bond acceptors (Lipinski definition) is 4. The highest BCUT2D eigenvalue weighted by molar-refractivity contribution is 5.95. The van der Waals surface area contributed by atoms with E-state index in [4.69, 9.17) is 0 Å². The van der Waals surface area contributed by atoms with Gasteiger partial charge in [0.1, 0.15) is 5.69 Å². The lowest BCUT2D eigenvalue weighted by Crippen LogP contribution is -2.22. The number of hydrogen-bond donors (Lipinski definition) is 1. The minimum Gasteiger partial charge on any atom is -0.352 e. The largest absolute Gasteiger partial charge is 0.352 e. The van der Waals surface area contributed by atoms with Crippen LogP contribution in [0.1, 0.15) is 23.0 Å². The molecule has 2 rings (SSSR count). The summed E-state index contributed by atoms with van der Waals surface area (Å²) in [6.45, 7) is 4.05. The number of nitro groups is 1. The average molecular weight is 274 g/mol. The van der Waals surface area contributed by atoms with Crippen molar-refractivity contribution in [1.82, 2.24) is 15.1 Å². The van der Waals surface area contributed by atoms with Crippen molar-refractivity contribution in [3.8, 4) is 5.69 Å². The second-order valence-electron chi connectivity index (χ2n) is 4.22. The third kappa shape index (κ3) is 2.66. The molecule has 0 atom stereocenters. The Balaban J connectivity index is 2.49. The summed E-state index contributed by atoms with van der Waals surface area (Å²) < 4.78 is 1.43. The van der Waals surface area contributed by atoms with Gasteiger partial charge in [-0.2, -0.15) is 5.10 Å². The summed E-state index contributed by atoms with van der Waals surface area (Å²) in [5, 5.41) is 17.9. The van der Waals surface area contributed by atoms with Crippen molar-refractivity contribution in [2.75, 3.05) is 6.54 Å². The molecule has 1 aromatic carbocycles. The Kier molecular flexibility index (Phi) is 3.79. The summed E-state index contributed by atoms with van der Waals surface area (Å²) in [4.78, 5) is 22.4. The average Bonchev–Trinajstić information content (AvgIpc) is 2.84. The maximum absolute atomic E-state index is 11.7. The van der Waals surface area contributed by atoms with Crippen molar-refractivity contribution in [3.05, 3.63) is 51.8 Å². The molecule has 0 bridgehead atoms. The molecule has 0 aliphatic carbocycles. The molecule has 0 saturated carbocycles. The molecule has 0 radical (unpaired) electrons. The second-order valence-corrected chi connectivity index (χ2v) is 4.22. The monoisotopic (exact) mass is 274 g/mol. The van der Waals surface area contributed by atoms with Crippen LogP contribution in [0.25, 0.3) is 5.69 Å². The number of nitro benzene ring substituents is 1. The highest BCUT2D eigenvalue weighted by atomic mass is 16.6. The summed E-state index contributed by atoms with van der Waals surface area (Å²) in [5.41, 5.74) is 1.19. The Hall–Kier alpha value is -2.70. The first-order chi connectivity index (χ1) is 9.52. The fraction of sp³-hybridized carbons (Fsp3) is 0.231. The summed E-state index contributed by atoms with van der Waals surface area (Å²) in [6, 6.07) is 6.08. The number of aryl methyl sites for hydroxylation is 1. The van der Waals surface area contributed by atoms with Gasteiger partial charge in [-0.3, -0.25) is 14.9 Å². The standard InChI is InChI=1S/C13H14N4O3/c1-3-14-13(18)10-4-5-11(12(8-10)17(19)20)16-7-6-9(2)15-16/h4-8H,3H2,1-2H3,(H,14,18). The first-order valence-corrected chi connectivity index (χ1v) is 6.12. The number of nitrogens with one attached hydrogen (secondary N) is 1. The quantitative estimate of drug-likeness (QED) is 0.680. The molecule has 0 aliphatic rings. The van der Waals surface area contributed by atoms with Gasteiger partial charge in [0, 0.05) is 24.4 Å². The zero-order valence-corrected chi connectivity index (χ0v) is 11.2. The highest BCUT2D eigenvalue weighted by Gasteiger charge is 2.19. The predicted molar refractivity (Wildman–Crippen MR) is 73.0 cm³/mol. The van der Waals surface area contributed by atoms with E-state index in [-0.39, 0.29) is 17.2 Å². The molecule has 20 heavy (non-hydrogen) atoms. The Morgan fingerprint density at radius 2 is 2.20 bits per heavy atom. The van der Waals surface area contributed by atoms with E-state index < -0.39 is 4.92 Å². The molecule has 7 nitrogen and oxygen atoms in total. The number of rotatable bonds is 4.